The number of rotatable bonds is 9. The molecule has 0 aromatic heterocycles. The van der Waals surface area contributed by atoms with E-state index < -0.39 is 12.6 Å². The van der Waals surface area contributed by atoms with Crippen LogP contribution in [0.4, 0.5) is 13.2 Å². The quantitative estimate of drug-likeness (QED) is 0.682. The van der Waals surface area contributed by atoms with Crippen LogP contribution >= 0.6 is 0 Å². The molecule has 0 fully saturated rings. The van der Waals surface area contributed by atoms with E-state index in [0.29, 0.717) is 6.61 Å². The summed E-state index contributed by atoms with van der Waals surface area (Å²) in [5.41, 5.74) is 0. The summed E-state index contributed by atoms with van der Waals surface area (Å²) in [6.45, 7) is 5.34. The van der Waals surface area contributed by atoms with Crippen LogP contribution < -0.4 is 5.32 Å². The second-order valence-electron chi connectivity index (χ2n) is 4.47. The van der Waals surface area contributed by atoms with E-state index in [9.17, 15) is 13.2 Å². The fraction of sp³-hybridized carbons (Fsp3) is 1.00. The van der Waals surface area contributed by atoms with Crippen LogP contribution in [0.25, 0.3) is 0 Å². The van der Waals surface area contributed by atoms with Crippen LogP contribution in [0.2, 0.25) is 0 Å². The standard InChI is InChI=1S/C12H24F3NO/c1-4-8-16-11(5-7-12(13,14)15)10(2)6-9-17-3/h10-11,16H,4-9H2,1-3H3. The number of hydrogen-bond acceptors (Lipinski definition) is 2. The van der Waals surface area contributed by atoms with Crippen LogP contribution in [0.5, 0.6) is 0 Å². The molecule has 0 saturated carbocycles. The summed E-state index contributed by atoms with van der Waals surface area (Å²) in [6, 6.07) is -0.0771. The topological polar surface area (TPSA) is 21.3 Å². The summed E-state index contributed by atoms with van der Waals surface area (Å²) in [5, 5.41) is 3.20. The monoisotopic (exact) mass is 255 g/mol. The second kappa shape index (κ2) is 8.75. The number of hydrogen-bond donors (Lipinski definition) is 1. The van der Waals surface area contributed by atoms with Crippen LogP contribution in [-0.4, -0.2) is 32.5 Å². The first kappa shape index (κ1) is 16.7. The van der Waals surface area contributed by atoms with Gasteiger partial charge in [0.1, 0.15) is 0 Å². The van der Waals surface area contributed by atoms with Gasteiger partial charge in [0.05, 0.1) is 0 Å². The molecule has 0 bridgehead atoms. The van der Waals surface area contributed by atoms with Crippen molar-refractivity contribution in [2.45, 2.75) is 51.7 Å². The molecule has 5 heteroatoms. The molecule has 2 nitrogen and oxygen atoms in total. The Labute approximate surface area is 102 Å². The van der Waals surface area contributed by atoms with Crippen molar-refractivity contribution in [2.75, 3.05) is 20.3 Å². The first-order chi connectivity index (χ1) is 7.90. The largest absolute Gasteiger partial charge is 0.389 e. The highest BCUT2D eigenvalue weighted by Gasteiger charge is 2.29. The molecule has 0 spiro atoms. The van der Waals surface area contributed by atoms with Crippen molar-refractivity contribution in [3.05, 3.63) is 0 Å². The fourth-order valence-electron chi connectivity index (χ4n) is 1.74. The van der Waals surface area contributed by atoms with Gasteiger partial charge in [-0.3, -0.25) is 0 Å². The van der Waals surface area contributed by atoms with Crippen molar-refractivity contribution >= 4 is 0 Å². The summed E-state index contributed by atoms with van der Waals surface area (Å²) in [6.07, 6.45) is -2.91. The molecule has 17 heavy (non-hydrogen) atoms. The Hall–Kier alpha value is -0.290. The summed E-state index contributed by atoms with van der Waals surface area (Å²) < 4.78 is 41.6. The van der Waals surface area contributed by atoms with Crippen LogP contribution in [0, 0.1) is 5.92 Å². The summed E-state index contributed by atoms with van der Waals surface area (Å²) >= 11 is 0. The molecule has 104 valence electrons. The maximum atomic E-state index is 12.2. The molecule has 0 radical (unpaired) electrons. The lowest BCUT2D eigenvalue weighted by atomic mass is 9.94. The van der Waals surface area contributed by atoms with Gasteiger partial charge in [-0.1, -0.05) is 13.8 Å². The minimum absolute atomic E-state index is 0.0771. The molecule has 0 aromatic carbocycles. The third-order valence-electron chi connectivity index (χ3n) is 2.86. The van der Waals surface area contributed by atoms with Gasteiger partial charge in [0.15, 0.2) is 0 Å². The van der Waals surface area contributed by atoms with Gasteiger partial charge in [0.2, 0.25) is 0 Å². The molecule has 0 heterocycles. The predicted molar refractivity (Wildman–Crippen MR) is 63.0 cm³/mol. The lowest BCUT2D eigenvalue weighted by Crippen LogP contribution is -2.37. The Kier molecular flexibility index (Phi) is 8.60. The molecule has 0 rings (SSSR count). The third-order valence-corrected chi connectivity index (χ3v) is 2.86. The summed E-state index contributed by atoms with van der Waals surface area (Å²) in [7, 11) is 1.61. The molecule has 2 atom stereocenters. The van der Waals surface area contributed by atoms with E-state index in [0.717, 1.165) is 19.4 Å². The molecule has 2 unspecified atom stereocenters. The van der Waals surface area contributed by atoms with Crippen LogP contribution in [0.3, 0.4) is 0 Å². The molecular formula is C12H24F3NO. The van der Waals surface area contributed by atoms with E-state index in [1.807, 2.05) is 13.8 Å². The molecule has 0 amide bonds. The first-order valence-corrected chi connectivity index (χ1v) is 6.19. The average Bonchev–Trinajstić information content (AvgIpc) is 2.24. The van der Waals surface area contributed by atoms with Crippen molar-refractivity contribution in [3.8, 4) is 0 Å². The Morgan fingerprint density at radius 1 is 1.24 bits per heavy atom. The number of alkyl halides is 3. The highest BCUT2D eigenvalue weighted by molar-refractivity contribution is 4.74. The zero-order valence-electron chi connectivity index (χ0n) is 10.9. The molecule has 1 N–H and O–H groups in total. The predicted octanol–water partition coefficient (Wildman–Crippen LogP) is 3.37. The van der Waals surface area contributed by atoms with Gasteiger partial charge in [-0.05, 0) is 31.7 Å². The zero-order chi connectivity index (χ0) is 13.3. The Morgan fingerprint density at radius 3 is 2.35 bits per heavy atom. The van der Waals surface area contributed by atoms with Gasteiger partial charge in [-0.25, -0.2) is 0 Å². The molecule has 0 aromatic rings. The molecule has 0 saturated heterocycles. The maximum absolute atomic E-state index is 12.2. The second-order valence-corrected chi connectivity index (χ2v) is 4.47. The first-order valence-electron chi connectivity index (χ1n) is 6.19. The fourth-order valence-corrected chi connectivity index (χ4v) is 1.74. The highest BCUT2D eigenvalue weighted by atomic mass is 19.4. The summed E-state index contributed by atoms with van der Waals surface area (Å²) in [4.78, 5) is 0. The van der Waals surface area contributed by atoms with Crippen LogP contribution in [-0.2, 0) is 4.74 Å². The Balaban J connectivity index is 4.11. The smallest absolute Gasteiger partial charge is 0.385 e. The van der Waals surface area contributed by atoms with Gasteiger partial charge in [0.25, 0.3) is 0 Å². The number of methoxy groups -OCH3 is 1. The third kappa shape index (κ3) is 9.41. The van der Waals surface area contributed by atoms with Crippen molar-refractivity contribution < 1.29 is 17.9 Å². The number of ether oxygens (including phenoxy) is 1. The zero-order valence-corrected chi connectivity index (χ0v) is 10.9. The van der Waals surface area contributed by atoms with E-state index in [4.69, 9.17) is 4.74 Å². The van der Waals surface area contributed by atoms with E-state index in [1.54, 1.807) is 7.11 Å². The van der Waals surface area contributed by atoms with E-state index >= 15 is 0 Å². The minimum atomic E-state index is -4.06. The van der Waals surface area contributed by atoms with Gasteiger partial charge in [-0.2, -0.15) is 13.2 Å². The van der Waals surface area contributed by atoms with E-state index in [1.165, 1.54) is 0 Å². The highest BCUT2D eigenvalue weighted by Crippen LogP contribution is 2.24. The maximum Gasteiger partial charge on any atom is 0.389 e. The van der Waals surface area contributed by atoms with Crippen LogP contribution in [0.15, 0.2) is 0 Å². The molecule has 0 aliphatic carbocycles. The van der Waals surface area contributed by atoms with Crippen molar-refractivity contribution in [1.82, 2.24) is 5.32 Å². The SMILES string of the molecule is CCCNC(CCC(F)(F)F)C(C)CCOC. The normalized spacial score (nSPS) is 15.9. The number of halogens is 3. The average molecular weight is 255 g/mol. The van der Waals surface area contributed by atoms with Crippen molar-refractivity contribution in [3.63, 3.8) is 0 Å². The van der Waals surface area contributed by atoms with Gasteiger partial charge < -0.3 is 10.1 Å². The lowest BCUT2D eigenvalue weighted by molar-refractivity contribution is -0.137. The molecular weight excluding hydrogens is 231 g/mol. The van der Waals surface area contributed by atoms with Crippen LogP contribution in [0.1, 0.15) is 39.5 Å². The lowest BCUT2D eigenvalue weighted by Gasteiger charge is -2.25. The van der Waals surface area contributed by atoms with E-state index in [-0.39, 0.29) is 18.4 Å². The van der Waals surface area contributed by atoms with Crippen molar-refractivity contribution in [2.24, 2.45) is 5.92 Å². The van der Waals surface area contributed by atoms with E-state index in [2.05, 4.69) is 5.32 Å². The number of nitrogens with one attached hydrogen (secondary N) is 1. The van der Waals surface area contributed by atoms with Gasteiger partial charge in [-0.15, -0.1) is 0 Å². The minimum Gasteiger partial charge on any atom is -0.385 e. The summed E-state index contributed by atoms with van der Waals surface area (Å²) in [5.74, 6) is 0.198. The van der Waals surface area contributed by atoms with Gasteiger partial charge in [0, 0.05) is 26.2 Å². The Bertz CT molecular complexity index is 185. The van der Waals surface area contributed by atoms with Crippen molar-refractivity contribution in [1.29, 1.82) is 0 Å². The Morgan fingerprint density at radius 2 is 1.88 bits per heavy atom. The molecule has 0 aliphatic rings. The van der Waals surface area contributed by atoms with Gasteiger partial charge >= 0.3 is 6.18 Å². The molecule has 0 aliphatic heterocycles.